The van der Waals surface area contributed by atoms with Crippen molar-refractivity contribution in [3.8, 4) is 17.2 Å². The number of fused-ring (bicyclic) bond motifs is 1. The highest BCUT2D eigenvalue weighted by molar-refractivity contribution is 5.56. The third kappa shape index (κ3) is 2.75. The largest absolute Gasteiger partial charge is 0.496 e. The lowest BCUT2D eigenvalue weighted by Crippen LogP contribution is -2.31. The molecule has 3 rings (SSSR count). The molecule has 4 nitrogen and oxygen atoms in total. The van der Waals surface area contributed by atoms with E-state index in [0.29, 0.717) is 0 Å². The predicted molar refractivity (Wildman–Crippen MR) is 90.8 cm³/mol. The van der Waals surface area contributed by atoms with Crippen molar-refractivity contribution in [1.82, 2.24) is 5.32 Å². The molecule has 1 unspecified atom stereocenters. The molecular weight excluding hydrogens is 290 g/mol. The Morgan fingerprint density at radius 2 is 1.65 bits per heavy atom. The van der Waals surface area contributed by atoms with Gasteiger partial charge >= 0.3 is 0 Å². The molecule has 0 fully saturated rings. The van der Waals surface area contributed by atoms with Gasteiger partial charge in [-0.3, -0.25) is 0 Å². The monoisotopic (exact) mass is 313 g/mol. The normalized spacial score (nSPS) is 16.6. The Morgan fingerprint density at radius 1 is 0.913 bits per heavy atom. The van der Waals surface area contributed by atoms with Crippen LogP contribution in [0.5, 0.6) is 17.2 Å². The topological polar surface area (TPSA) is 39.7 Å². The molecular formula is C19H23NO3. The van der Waals surface area contributed by atoms with Crippen molar-refractivity contribution in [3.63, 3.8) is 0 Å². The average molecular weight is 313 g/mol. The van der Waals surface area contributed by atoms with Gasteiger partial charge in [0.25, 0.3) is 0 Å². The van der Waals surface area contributed by atoms with E-state index >= 15 is 0 Å². The molecule has 0 aliphatic carbocycles. The van der Waals surface area contributed by atoms with E-state index in [-0.39, 0.29) is 6.04 Å². The lowest BCUT2D eigenvalue weighted by atomic mass is 9.88. The highest BCUT2D eigenvalue weighted by Gasteiger charge is 2.27. The molecule has 0 spiro atoms. The smallest absolute Gasteiger partial charge is 0.164 e. The van der Waals surface area contributed by atoms with Crippen LogP contribution in [0, 0.1) is 6.92 Å². The lowest BCUT2D eigenvalue weighted by Gasteiger charge is -2.30. The summed E-state index contributed by atoms with van der Waals surface area (Å²) in [5.74, 6) is 2.52. The minimum absolute atomic E-state index is 0.0911. The van der Waals surface area contributed by atoms with E-state index in [1.54, 1.807) is 21.3 Å². The standard InChI is InChI=1S/C19H23NO3/c1-12-5-7-16(21-2)15(11-12)18-13-6-8-17(22-3)19(23-4)14(13)9-10-20-18/h5-8,11,18,20H,9-10H2,1-4H3. The predicted octanol–water partition coefficient (Wildman–Crippen LogP) is 3.26. The van der Waals surface area contributed by atoms with Crippen LogP contribution in [-0.2, 0) is 6.42 Å². The molecule has 1 atom stereocenters. The van der Waals surface area contributed by atoms with Crippen LogP contribution in [0.15, 0.2) is 30.3 Å². The summed E-state index contributed by atoms with van der Waals surface area (Å²) in [5.41, 5.74) is 4.80. The van der Waals surface area contributed by atoms with Crippen LogP contribution >= 0.6 is 0 Å². The van der Waals surface area contributed by atoms with Crippen molar-refractivity contribution >= 4 is 0 Å². The van der Waals surface area contributed by atoms with Gasteiger partial charge in [0.15, 0.2) is 11.5 Å². The molecule has 1 heterocycles. The van der Waals surface area contributed by atoms with E-state index < -0.39 is 0 Å². The fourth-order valence-electron chi connectivity index (χ4n) is 3.34. The molecule has 0 saturated carbocycles. The van der Waals surface area contributed by atoms with Gasteiger partial charge in [-0.2, -0.15) is 0 Å². The number of ether oxygens (including phenoxy) is 3. The molecule has 0 saturated heterocycles. The van der Waals surface area contributed by atoms with E-state index in [1.165, 1.54) is 16.7 Å². The molecule has 1 aliphatic rings. The summed E-state index contributed by atoms with van der Waals surface area (Å²) >= 11 is 0. The Hall–Kier alpha value is -2.20. The second-order valence-corrected chi connectivity index (χ2v) is 5.75. The number of rotatable bonds is 4. The van der Waals surface area contributed by atoms with Gasteiger partial charge < -0.3 is 19.5 Å². The molecule has 1 N–H and O–H groups in total. The van der Waals surface area contributed by atoms with Gasteiger partial charge in [-0.25, -0.2) is 0 Å². The summed E-state index contributed by atoms with van der Waals surface area (Å²) < 4.78 is 16.6. The van der Waals surface area contributed by atoms with E-state index in [1.807, 2.05) is 12.1 Å². The van der Waals surface area contributed by atoms with E-state index in [4.69, 9.17) is 14.2 Å². The zero-order valence-electron chi connectivity index (χ0n) is 14.1. The summed E-state index contributed by atoms with van der Waals surface area (Å²) in [5, 5.41) is 3.61. The minimum atomic E-state index is 0.0911. The molecule has 0 radical (unpaired) electrons. The molecule has 2 aromatic carbocycles. The summed E-state index contributed by atoms with van der Waals surface area (Å²) in [7, 11) is 5.08. The first-order chi connectivity index (χ1) is 11.2. The van der Waals surface area contributed by atoms with Crippen LogP contribution in [-0.4, -0.2) is 27.9 Å². The van der Waals surface area contributed by atoms with Gasteiger partial charge in [0.2, 0.25) is 0 Å². The first-order valence-corrected chi connectivity index (χ1v) is 7.81. The number of nitrogens with one attached hydrogen (secondary N) is 1. The quantitative estimate of drug-likeness (QED) is 0.940. The molecule has 122 valence electrons. The molecule has 0 amide bonds. The van der Waals surface area contributed by atoms with Gasteiger partial charge in [-0.1, -0.05) is 23.8 Å². The van der Waals surface area contributed by atoms with Gasteiger partial charge in [0.1, 0.15) is 5.75 Å². The van der Waals surface area contributed by atoms with Crippen molar-refractivity contribution in [2.45, 2.75) is 19.4 Å². The SMILES string of the molecule is COc1ccc(C)cc1C1NCCc2c1ccc(OC)c2OC. The van der Waals surface area contributed by atoms with Crippen LogP contribution in [0.25, 0.3) is 0 Å². The Balaban J connectivity index is 2.14. The number of hydrogen-bond acceptors (Lipinski definition) is 4. The molecule has 0 bridgehead atoms. The van der Waals surface area contributed by atoms with E-state index in [9.17, 15) is 0 Å². The summed E-state index contributed by atoms with van der Waals surface area (Å²) in [6.45, 7) is 2.99. The first kappa shape index (κ1) is 15.7. The van der Waals surface area contributed by atoms with Crippen molar-refractivity contribution in [2.75, 3.05) is 27.9 Å². The summed E-state index contributed by atoms with van der Waals surface area (Å²) in [6, 6.07) is 10.5. The Kier molecular flexibility index (Phi) is 4.44. The number of aryl methyl sites for hydroxylation is 1. The highest BCUT2D eigenvalue weighted by Crippen LogP contribution is 2.41. The third-order valence-corrected chi connectivity index (χ3v) is 4.42. The summed E-state index contributed by atoms with van der Waals surface area (Å²) in [4.78, 5) is 0. The molecule has 1 aliphatic heterocycles. The Labute approximate surface area is 137 Å². The van der Waals surface area contributed by atoms with Gasteiger partial charge in [0, 0.05) is 17.7 Å². The van der Waals surface area contributed by atoms with E-state index in [2.05, 4.69) is 30.4 Å². The second-order valence-electron chi connectivity index (χ2n) is 5.75. The van der Waals surface area contributed by atoms with Crippen molar-refractivity contribution in [3.05, 3.63) is 52.6 Å². The molecule has 2 aromatic rings. The maximum absolute atomic E-state index is 5.62. The van der Waals surface area contributed by atoms with E-state index in [0.717, 1.165) is 35.8 Å². The highest BCUT2D eigenvalue weighted by atomic mass is 16.5. The van der Waals surface area contributed by atoms with Crippen LogP contribution < -0.4 is 19.5 Å². The van der Waals surface area contributed by atoms with Crippen molar-refractivity contribution in [1.29, 1.82) is 0 Å². The maximum atomic E-state index is 5.62. The molecule has 0 aromatic heterocycles. The van der Waals surface area contributed by atoms with Crippen LogP contribution in [0.4, 0.5) is 0 Å². The van der Waals surface area contributed by atoms with Gasteiger partial charge in [-0.05, 0) is 31.0 Å². The average Bonchev–Trinajstić information content (AvgIpc) is 2.59. The van der Waals surface area contributed by atoms with Crippen molar-refractivity contribution in [2.24, 2.45) is 0 Å². The van der Waals surface area contributed by atoms with Crippen LogP contribution in [0.3, 0.4) is 0 Å². The Bertz CT molecular complexity index is 712. The number of methoxy groups -OCH3 is 3. The summed E-state index contributed by atoms with van der Waals surface area (Å²) in [6.07, 6.45) is 0.917. The lowest BCUT2D eigenvalue weighted by molar-refractivity contribution is 0.348. The molecule has 4 heteroatoms. The first-order valence-electron chi connectivity index (χ1n) is 7.81. The Morgan fingerprint density at radius 3 is 2.35 bits per heavy atom. The van der Waals surface area contributed by atoms with Gasteiger partial charge in [-0.15, -0.1) is 0 Å². The maximum Gasteiger partial charge on any atom is 0.164 e. The zero-order valence-corrected chi connectivity index (χ0v) is 14.1. The molecule has 23 heavy (non-hydrogen) atoms. The van der Waals surface area contributed by atoms with Gasteiger partial charge in [0.05, 0.1) is 27.4 Å². The van der Waals surface area contributed by atoms with Crippen LogP contribution in [0.2, 0.25) is 0 Å². The van der Waals surface area contributed by atoms with Crippen molar-refractivity contribution < 1.29 is 14.2 Å². The number of hydrogen-bond donors (Lipinski definition) is 1. The fourth-order valence-corrected chi connectivity index (χ4v) is 3.34. The van der Waals surface area contributed by atoms with Crippen LogP contribution in [0.1, 0.15) is 28.3 Å². The third-order valence-electron chi connectivity index (χ3n) is 4.42. The fraction of sp³-hybridized carbons (Fsp3) is 0.368. The second kappa shape index (κ2) is 6.50. The number of benzene rings is 2. The minimum Gasteiger partial charge on any atom is -0.496 e. The zero-order chi connectivity index (χ0) is 16.4.